The molecule has 2 rings (SSSR count). The SMILES string of the molecule is C=CNc1ncnc(Nc2ccc(N)cc2)c1C(C)CC. The molecule has 1 heterocycles. The summed E-state index contributed by atoms with van der Waals surface area (Å²) >= 11 is 0. The highest BCUT2D eigenvalue weighted by atomic mass is 15.1. The van der Waals surface area contributed by atoms with Crippen molar-refractivity contribution in [3.63, 3.8) is 0 Å². The zero-order valence-electron chi connectivity index (χ0n) is 12.4. The summed E-state index contributed by atoms with van der Waals surface area (Å²) in [5, 5.41) is 6.41. The van der Waals surface area contributed by atoms with Gasteiger partial charge in [0.1, 0.15) is 18.0 Å². The van der Waals surface area contributed by atoms with Crippen molar-refractivity contribution in [3.8, 4) is 0 Å². The molecular formula is C16H21N5. The molecule has 0 amide bonds. The Bertz CT molecular complexity index is 607. The van der Waals surface area contributed by atoms with Crippen molar-refractivity contribution >= 4 is 23.0 Å². The Kier molecular flexibility index (Phi) is 4.77. The molecule has 21 heavy (non-hydrogen) atoms. The number of nitrogens with one attached hydrogen (secondary N) is 2. The molecule has 0 aliphatic heterocycles. The number of anilines is 4. The number of nitrogen functional groups attached to an aromatic ring is 1. The molecular weight excluding hydrogens is 262 g/mol. The Morgan fingerprint density at radius 2 is 1.90 bits per heavy atom. The van der Waals surface area contributed by atoms with Crippen LogP contribution in [0.5, 0.6) is 0 Å². The van der Waals surface area contributed by atoms with Crippen molar-refractivity contribution in [2.24, 2.45) is 0 Å². The van der Waals surface area contributed by atoms with Crippen LogP contribution in [0.2, 0.25) is 0 Å². The second-order valence-electron chi connectivity index (χ2n) is 4.89. The van der Waals surface area contributed by atoms with Gasteiger partial charge < -0.3 is 16.4 Å². The second kappa shape index (κ2) is 6.74. The lowest BCUT2D eigenvalue weighted by molar-refractivity contribution is 0.729. The predicted octanol–water partition coefficient (Wildman–Crippen LogP) is 3.87. The molecule has 0 radical (unpaired) electrons. The molecule has 4 N–H and O–H groups in total. The summed E-state index contributed by atoms with van der Waals surface area (Å²) in [6.07, 6.45) is 4.16. The molecule has 0 aliphatic carbocycles. The minimum Gasteiger partial charge on any atom is -0.399 e. The van der Waals surface area contributed by atoms with Gasteiger partial charge in [-0.2, -0.15) is 0 Å². The van der Waals surface area contributed by atoms with E-state index in [0.717, 1.165) is 35.0 Å². The third-order valence-corrected chi connectivity index (χ3v) is 3.40. The number of nitrogens with zero attached hydrogens (tertiary/aromatic N) is 2. The summed E-state index contributed by atoms with van der Waals surface area (Å²) in [6.45, 7) is 7.99. The van der Waals surface area contributed by atoms with E-state index in [1.807, 2.05) is 24.3 Å². The van der Waals surface area contributed by atoms with Crippen LogP contribution in [-0.2, 0) is 0 Å². The Hall–Kier alpha value is -2.56. The first-order valence-electron chi connectivity index (χ1n) is 7.00. The molecule has 1 unspecified atom stereocenters. The molecule has 0 aliphatic rings. The fraction of sp³-hybridized carbons (Fsp3) is 0.250. The van der Waals surface area contributed by atoms with E-state index in [-0.39, 0.29) is 0 Å². The average Bonchev–Trinajstić information content (AvgIpc) is 2.49. The molecule has 110 valence electrons. The Morgan fingerprint density at radius 3 is 2.52 bits per heavy atom. The maximum Gasteiger partial charge on any atom is 0.139 e. The van der Waals surface area contributed by atoms with E-state index in [9.17, 15) is 0 Å². The molecule has 0 bridgehead atoms. The third kappa shape index (κ3) is 3.51. The van der Waals surface area contributed by atoms with Gasteiger partial charge in [-0.3, -0.25) is 0 Å². The van der Waals surface area contributed by atoms with Crippen LogP contribution in [0.15, 0.2) is 43.4 Å². The minimum absolute atomic E-state index is 0.324. The van der Waals surface area contributed by atoms with Crippen molar-refractivity contribution in [1.29, 1.82) is 0 Å². The van der Waals surface area contributed by atoms with Gasteiger partial charge in [0.05, 0.1) is 0 Å². The smallest absolute Gasteiger partial charge is 0.139 e. The van der Waals surface area contributed by atoms with Crippen molar-refractivity contribution in [1.82, 2.24) is 9.97 Å². The first kappa shape index (κ1) is 14.8. The van der Waals surface area contributed by atoms with Gasteiger partial charge in [-0.1, -0.05) is 20.4 Å². The van der Waals surface area contributed by atoms with Crippen LogP contribution >= 0.6 is 0 Å². The third-order valence-electron chi connectivity index (χ3n) is 3.40. The van der Waals surface area contributed by atoms with Crippen molar-refractivity contribution in [3.05, 3.63) is 48.9 Å². The van der Waals surface area contributed by atoms with Gasteiger partial charge in [0.2, 0.25) is 0 Å². The summed E-state index contributed by atoms with van der Waals surface area (Å²) < 4.78 is 0. The topological polar surface area (TPSA) is 75.9 Å². The summed E-state index contributed by atoms with van der Waals surface area (Å²) in [4.78, 5) is 8.68. The molecule has 1 aromatic carbocycles. The summed E-state index contributed by atoms with van der Waals surface area (Å²) in [5.41, 5.74) is 8.44. The first-order valence-corrected chi connectivity index (χ1v) is 7.00. The summed E-state index contributed by atoms with van der Waals surface area (Å²) in [6, 6.07) is 7.57. The molecule has 0 saturated heterocycles. The van der Waals surface area contributed by atoms with Crippen LogP contribution in [0.1, 0.15) is 31.7 Å². The highest BCUT2D eigenvalue weighted by Crippen LogP contribution is 2.32. The lowest BCUT2D eigenvalue weighted by Gasteiger charge is -2.18. The first-order chi connectivity index (χ1) is 10.2. The number of hydrogen-bond acceptors (Lipinski definition) is 5. The van der Waals surface area contributed by atoms with E-state index < -0.39 is 0 Å². The Balaban J connectivity index is 2.39. The molecule has 0 fully saturated rings. The maximum absolute atomic E-state index is 5.71. The number of hydrogen-bond donors (Lipinski definition) is 3. The highest BCUT2D eigenvalue weighted by molar-refractivity contribution is 5.67. The van der Waals surface area contributed by atoms with Gasteiger partial charge in [0.15, 0.2) is 0 Å². The minimum atomic E-state index is 0.324. The standard InChI is InChI=1S/C16H21N5/c1-4-11(3)14-15(18-5-2)19-10-20-16(14)21-13-8-6-12(17)7-9-13/h5-11H,2,4,17H2,1,3H3,(H2,18,19,20,21). The second-order valence-corrected chi connectivity index (χ2v) is 4.89. The van der Waals surface area contributed by atoms with Gasteiger partial charge in [-0.15, -0.1) is 0 Å². The van der Waals surface area contributed by atoms with E-state index in [0.29, 0.717) is 5.92 Å². The maximum atomic E-state index is 5.71. The predicted molar refractivity (Wildman–Crippen MR) is 88.7 cm³/mol. The number of benzene rings is 1. The molecule has 5 nitrogen and oxygen atoms in total. The fourth-order valence-electron chi connectivity index (χ4n) is 2.08. The monoisotopic (exact) mass is 283 g/mol. The normalized spacial score (nSPS) is 11.7. The van der Waals surface area contributed by atoms with Crippen LogP contribution in [0.3, 0.4) is 0 Å². The van der Waals surface area contributed by atoms with Gasteiger partial charge in [-0.25, -0.2) is 9.97 Å². The van der Waals surface area contributed by atoms with Gasteiger partial charge in [-0.05, 0) is 42.8 Å². The zero-order chi connectivity index (χ0) is 15.2. The van der Waals surface area contributed by atoms with Crippen LogP contribution in [0, 0.1) is 0 Å². The number of nitrogens with two attached hydrogens (primary N) is 1. The average molecular weight is 283 g/mol. The van der Waals surface area contributed by atoms with Crippen molar-refractivity contribution in [2.75, 3.05) is 16.4 Å². The largest absolute Gasteiger partial charge is 0.399 e. The lowest BCUT2D eigenvalue weighted by Crippen LogP contribution is -2.07. The van der Waals surface area contributed by atoms with Gasteiger partial charge in [0, 0.05) is 16.9 Å². The van der Waals surface area contributed by atoms with E-state index in [1.165, 1.54) is 6.33 Å². The molecule has 1 atom stereocenters. The van der Waals surface area contributed by atoms with E-state index in [4.69, 9.17) is 5.73 Å². The van der Waals surface area contributed by atoms with Crippen LogP contribution < -0.4 is 16.4 Å². The van der Waals surface area contributed by atoms with E-state index >= 15 is 0 Å². The summed E-state index contributed by atoms with van der Waals surface area (Å²) in [5.74, 6) is 1.91. The van der Waals surface area contributed by atoms with Crippen LogP contribution in [-0.4, -0.2) is 9.97 Å². The Labute approximate surface area is 125 Å². The Morgan fingerprint density at radius 1 is 1.24 bits per heavy atom. The summed E-state index contributed by atoms with van der Waals surface area (Å²) in [7, 11) is 0. The van der Waals surface area contributed by atoms with Crippen LogP contribution in [0.25, 0.3) is 0 Å². The molecule has 5 heteroatoms. The molecule has 2 aromatic rings. The van der Waals surface area contributed by atoms with Crippen molar-refractivity contribution < 1.29 is 0 Å². The lowest BCUT2D eigenvalue weighted by atomic mass is 9.99. The zero-order valence-corrected chi connectivity index (χ0v) is 12.4. The van der Waals surface area contributed by atoms with Crippen molar-refractivity contribution in [2.45, 2.75) is 26.2 Å². The van der Waals surface area contributed by atoms with Gasteiger partial charge >= 0.3 is 0 Å². The fourth-order valence-corrected chi connectivity index (χ4v) is 2.08. The van der Waals surface area contributed by atoms with Gasteiger partial charge in [0.25, 0.3) is 0 Å². The van der Waals surface area contributed by atoms with Crippen LogP contribution in [0.4, 0.5) is 23.0 Å². The number of rotatable bonds is 6. The van der Waals surface area contributed by atoms with E-state index in [1.54, 1.807) is 6.20 Å². The quantitative estimate of drug-likeness (QED) is 0.702. The highest BCUT2D eigenvalue weighted by Gasteiger charge is 2.16. The molecule has 1 aromatic heterocycles. The molecule has 0 saturated carbocycles. The number of aromatic nitrogens is 2. The van der Waals surface area contributed by atoms with E-state index in [2.05, 4.69) is 41.0 Å². The molecule has 0 spiro atoms.